The Morgan fingerprint density at radius 3 is 2.85 bits per heavy atom. The average molecular weight is 387 g/mol. The number of thiazole rings is 2. The van der Waals surface area contributed by atoms with Crippen LogP contribution in [0.15, 0.2) is 41.9 Å². The van der Waals surface area contributed by atoms with E-state index in [1.165, 1.54) is 10.4 Å². The normalized spacial score (nSPS) is 16.0. The Kier molecular flexibility index (Phi) is 5.59. The van der Waals surface area contributed by atoms with Gasteiger partial charge in [-0.25, -0.2) is 9.97 Å². The Hall–Kier alpha value is -1.80. The van der Waals surface area contributed by atoms with Gasteiger partial charge in [-0.2, -0.15) is 0 Å². The molecule has 1 aliphatic rings. The Bertz CT molecular complexity index is 827. The standard InChI is InChI=1S/C19H22N4OS2/c1-14(18-22-17(13-25-18)15-5-3-2-4-6-15)20-11-16-12-21-19(26-16)23-7-9-24-10-8-23/h2-6,12-14,20H,7-11H2,1H3. The van der Waals surface area contributed by atoms with Crippen molar-refractivity contribution < 1.29 is 4.74 Å². The van der Waals surface area contributed by atoms with Gasteiger partial charge >= 0.3 is 0 Å². The van der Waals surface area contributed by atoms with E-state index in [0.29, 0.717) is 0 Å². The highest BCUT2D eigenvalue weighted by atomic mass is 32.1. The predicted octanol–water partition coefficient (Wildman–Crippen LogP) is 3.95. The SMILES string of the molecule is CC(NCc1cnc(N2CCOCC2)s1)c1nc(-c2ccccc2)cs1. The van der Waals surface area contributed by atoms with E-state index < -0.39 is 0 Å². The Labute approximate surface area is 161 Å². The summed E-state index contributed by atoms with van der Waals surface area (Å²) in [6.45, 7) is 6.41. The van der Waals surface area contributed by atoms with Gasteiger partial charge < -0.3 is 15.0 Å². The quantitative estimate of drug-likeness (QED) is 0.695. The number of rotatable bonds is 6. The van der Waals surface area contributed by atoms with Crippen molar-refractivity contribution in [2.45, 2.75) is 19.5 Å². The van der Waals surface area contributed by atoms with Crippen LogP contribution in [0.5, 0.6) is 0 Å². The van der Waals surface area contributed by atoms with Gasteiger partial charge in [0.1, 0.15) is 5.01 Å². The molecule has 1 N–H and O–H groups in total. The van der Waals surface area contributed by atoms with Crippen molar-refractivity contribution in [3.8, 4) is 11.3 Å². The van der Waals surface area contributed by atoms with Crippen molar-refractivity contribution in [2.75, 3.05) is 31.2 Å². The van der Waals surface area contributed by atoms with Crippen LogP contribution in [0.3, 0.4) is 0 Å². The molecule has 1 atom stereocenters. The lowest BCUT2D eigenvalue weighted by molar-refractivity contribution is 0.122. The topological polar surface area (TPSA) is 50.3 Å². The van der Waals surface area contributed by atoms with Gasteiger partial charge in [-0.1, -0.05) is 30.3 Å². The second-order valence-electron chi connectivity index (χ2n) is 6.25. The smallest absolute Gasteiger partial charge is 0.185 e. The molecular weight excluding hydrogens is 364 g/mol. The molecule has 0 spiro atoms. The summed E-state index contributed by atoms with van der Waals surface area (Å²) < 4.78 is 5.41. The number of morpholine rings is 1. The van der Waals surface area contributed by atoms with Crippen LogP contribution in [0.1, 0.15) is 22.9 Å². The summed E-state index contributed by atoms with van der Waals surface area (Å²) in [7, 11) is 0. The van der Waals surface area contributed by atoms with E-state index in [1.54, 1.807) is 22.7 Å². The zero-order valence-corrected chi connectivity index (χ0v) is 16.4. The fourth-order valence-corrected chi connectivity index (χ4v) is 4.62. The number of hydrogen-bond donors (Lipinski definition) is 1. The largest absolute Gasteiger partial charge is 0.378 e. The number of nitrogens with zero attached hydrogens (tertiary/aromatic N) is 3. The number of hydrogen-bond acceptors (Lipinski definition) is 7. The van der Waals surface area contributed by atoms with Crippen LogP contribution in [0.25, 0.3) is 11.3 Å². The molecule has 1 fully saturated rings. The number of ether oxygens (including phenoxy) is 1. The van der Waals surface area contributed by atoms with Gasteiger partial charge in [-0.3, -0.25) is 0 Å². The third kappa shape index (κ3) is 4.12. The fraction of sp³-hybridized carbons (Fsp3) is 0.368. The molecule has 1 aromatic carbocycles. The molecule has 3 aromatic rings. The molecule has 1 aliphatic heterocycles. The van der Waals surface area contributed by atoms with E-state index in [9.17, 15) is 0 Å². The second kappa shape index (κ2) is 8.26. The van der Waals surface area contributed by atoms with Crippen LogP contribution in [0, 0.1) is 0 Å². The molecule has 3 heterocycles. The van der Waals surface area contributed by atoms with E-state index in [0.717, 1.165) is 48.7 Å². The van der Waals surface area contributed by atoms with Crippen LogP contribution >= 0.6 is 22.7 Å². The van der Waals surface area contributed by atoms with Crippen molar-refractivity contribution in [3.05, 3.63) is 51.8 Å². The van der Waals surface area contributed by atoms with Crippen molar-refractivity contribution in [3.63, 3.8) is 0 Å². The molecule has 2 aromatic heterocycles. The minimum absolute atomic E-state index is 0.214. The first-order valence-corrected chi connectivity index (χ1v) is 10.5. The van der Waals surface area contributed by atoms with Crippen molar-refractivity contribution >= 4 is 27.8 Å². The molecule has 0 amide bonds. The first-order chi connectivity index (χ1) is 12.8. The molecule has 26 heavy (non-hydrogen) atoms. The molecule has 5 nitrogen and oxygen atoms in total. The third-order valence-corrected chi connectivity index (χ3v) is 6.45. The highest BCUT2D eigenvalue weighted by molar-refractivity contribution is 7.15. The molecule has 0 radical (unpaired) electrons. The molecule has 1 unspecified atom stereocenters. The van der Waals surface area contributed by atoms with E-state index in [2.05, 4.69) is 39.6 Å². The molecule has 136 valence electrons. The summed E-state index contributed by atoms with van der Waals surface area (Å²) in [5.74, 6) is 0. The first kappa shape index (κ1) is 17.6. The van der Waals surface area contributed by atoms with Crippen LogP contribution in [-0.4, -0.2) is 36.3 Å². The Morgan fingerprint density at radius 1 is 1.23 bits per heavy atom. The summed E-state index contributed by atoms with van der Waals surface area (Å²) in [6.07, 6.45) is 1.98. The maximum Gasteiger partial charge on any atom is 0.185 e. The molecular formula is C19H22N4OS2. The number of aromatic nitrogens is 2. The van der Waals surface area contributed by atoms with Gasteiger partial charge in [0.05, 0.1) is 24.9 Å². The van der Waals surface area contributed by atoms with E-state index >= 15 is 0 Å². The summed E-state index contributed by atoms with van der Waals surface area (Å²) >= 11 is 3.47. The van der Waals surface area contributed by atoms with Crippen molar-refractivity contribution in [1.29, 1.82) is 0 Å². The molecule has 0 aliphatic carbocycles. The van der Waals surface area contributed by atoms with Crippen LogP contribution in [0.2, 0.25) is 0 Å². The van der Waals surface area contributed by atoms with Gasteiger partial charge in [0.15, 0.2) is 5.13 Å². The molecule has 7 heteroatoms. The number of nitrogens with one attached hydrogen (secondary N) is 1. The van der Waals surface area contributed by atoms with Gasteiger partial charge in [-0.05, 0) is 6.92 Å². The highest BCUT2D eigenvalue weighted by Crippen LogP contribution is 2.27. The Morgan fingerprint density at radius 2 is 2.04 bits per heavy atom. The summed E-state index contributed by atoms with van der Waals surface area (Å²) in [5, 5.41) is 7.91. The molecule has 0 saturated carbocycles. The maximum atomic E-state index is 5.41. The molecule has 0 bridgehead atoms. The average Bonchev–Trinajstić information content (AvgIpc) is 3.37. The zero-order valence-electron chi connectivity index (χ0n) is 14.7. The molecule has 4 rings (SSSR count). The lowest BCUT2D eigenvalue weighted by Crippen LogP contribution is -2.36. The summed E-state index contributed by atoms with van der Waals surface area (Å²) in [5.41, 5.74) is 2.21. The monoisotopic (exact) mass is 386 g/mol. The van der Waals surface area contributed by atoms with Crippen molar-refractivity contribution in [2.24, 2.45) is 0 Å². The lowest BCUT2D eigenvalue weighted by Gasteiger charge is -2.26. The fourth-order valence-electron chi connectivity index (χ4n) is 2.85. The minimum Gasteiger partial charge on any atom is -0.378 e. The highest BCUT2D eigenvalue weighted by Gasteiger charge is 2.16. The second-order valence-corrected chi connectivity index (χ2v) is 8.23. The summed E-state index contributed by atoms with van der Waals surface area (Å²) in [6, 6.07) is 10.5. The predicted molar refractivity (Wildman–Crippen MR) is 108 cm³/mol. The van der Waals surface area contributed by atoms with E-state index in [-0.39, 0.29) is 6.04 Å². The zero-order chi connectivity index (χ0) is 17.8. The first-order valence-electron chi connectivity index (χ1n) is 8.81. The van der Waals surface area contributed by atoms with Gasteiger partial charge in [0, 0.05) is 41.7 Å². The third-order valence-electron chi connectivity index (χ3n) is 4.37. The van der Waals surface area contributed by atoms with Crippen LogP contribution < -0.4 is 10.2 Å². The van der Waals surface area contributed by atoms with Crippen LogP contribution in [-0.2, 0) is 11.3 Å². The van der Waals surface area contributed by atoms with Crippen LogP contribution in [0.4, 0.5) is 5.13 Å². The number of benzene rings is 1. The van der Waals surface area contributed by atoms with Gasteiger partial charge in [0.2, 0.25) is 0 Å². The van der Waals surface area contributed by atoms with Gasteiger partial charge in [-0.15, -0.1) is 22.7 Å². The summed E-state index contributed by atoms with van der Waals surface area (Å²) in [4.78, 5) is 12.9. The van der Waals surface area contributed by atoms with Crippen molar-refractivity contribution in [1.82, 2.24) is 15.3 Å². The molecule has 1 saturated heterocycles. The minimum atomic E-state index is 0.214. The number of anilines is 1. The van der Waals surface area contributed by atoms with E-state index in [1.807, 2.05) is 24.4 Å². The Balaban J connectivity index is 1.35. The van der Waals surface area contributed by atoms with E-state index in [4.69, 9.17) is 9.72 Å². The lowest BCUT2D eigenvalue weighted by atomic mass is 10.2. The van der Waals surface area contributed by atoms with Gasteiger partial charge in [0.25, 0.3) is 0 Å². The maximum absolute atomic E-state index is 5.41.